The van der Waals surface area contributed by atoms with E-state index in [1.807, 2.05) is 12.1 Å². The van der Waals surface area contributed by atoms with Crippen LogP contribution in [0.25, 0.3) is 22.2 Å². The molecule has 0 amide bonds. The minimum absolute atomic E-state index is 0.0658. The van der Waals surface area contributed by atoms with Crippen LogP contribution in [-0.4, -0.2) is 31.8 Å². The molecule has 0 atom stereocenters. The Labute approximate surface area is 186 Å². The van der Waals surface area contributed by atoms with Crippen LogP contribution in [0.1, 0.15) is 12.5 Å². The van der Waals surface area contributed by atoms with Gasteiger partial charge in [0.05, 0.1) is 5.39 Å². The second-order valence-corrected chi connectivity index (χ2v) is 7.30. The summed E-state index contributed by atoms with van der Waals surface area (Å²) in [6.07, 6.45) is 1.45. The average Bonchev–Trinajstić information content (AvgIpc) is 2.80. The maximum absolute atomic E-state index is 13.0. The fraction of sp³-hybridized carbons (Fsp3) is 0.130. The third-order valence-corrected chi connectivity index (χ3v) is 4.75. The Balaban J connectivity index is 1.60. The number of benzene rings is 2. The second kappa shape index (κ2) is 8.65. The van der Waals surface area contributed by atoms with E-state index in [2.05, 4.69) is 20.0 Å². The molecule has 0 aliphatic rings. The Kier molecular flexibility index (Phi) is 5.74. The lowest BCUT2D eigenvalue weighted by Gasteiger charge is -2.12. The summed E-state index contributed by atoms with van der Waals surface area (Å²) >= 11 is 0. The molecule has 0 saturated carbocycles. The highest BCUT2D eigenvalue weighted by Crippen LogP contribution is 2.27. The number of carbonyl (C=O) groups is 1. The fourth-order valence-corrected chi connectivity index (χ4v) is 3.17. The van der Waals surface area contributed by atoms with Gasteiger partial charge in [0.2, 0.25) is 0 Å². The highest BCUT2D eigenvalue weighted by Gasteiger charge is 2.34. The van der Waals surface area contributed by atoms with E-state index in [0.717, 1.165) is 11.1 Å². The highest BCUT2D eigenvalue weighted by molar-refractivity contribution is 5.88. The molecule has 168 valence electrons. The van der Waals surface area contributed by atoms with Gasteiger partial charge in [0.1, 0.15) is 12.4 Å². The van der Waals surface area contributed by atoms with E-state index >= 15 is 0 Å². The molecular weight excluding hydrogens is 434 g/mol. The molecule has 0 bridgehead atoms. The van der Waals surface area contributed by atoms with Crippen LogP contribution in [-0.2, 0) is 16.1 Å². The van der Waals surface area contributed by atoms with Gasteiger partial charge < -0.3 is 15.3 Å². The van der Waals surface area contributed by atoms with Gasteiger partial charge in [-0.3, -0.25) is 0 Å². The quantitative estimate of drug-likeness (QED) is 0.335. The Hall–Kier alpha value is -4.34. The number of carbonyl (C=O) groups excluding carboxylic acids is 1. The van der Waals surface area contributed by atoms with Gasteiger partial charge in [0.25, 0.3) is 0 Å². The highest BCUT2D eigenvalue weighted by atomic mass is 19.3. The summed E-state index contributed by atoms with van der Waals surface area (Å²) in [6.45, 7) is 0.204. The first-order valence-electron chi connectivity index (χ1n) is 9.81. The summed E-state index contributed by atoms with van der Waals surface area (Å²) in [6, 6.07) is 17.5. The second-order valence-electron chi connectivity index (χ2n) is 7.30. The van der Waals surface area contributed by atoms with E-state index in [-0.39, 0.29) is 18.1 Å². The molecule has 0 aliphatic heterocycles. The summed E-state index contributed by atoms with van der Waals surface area (Å²) in [5.41, 5.74) is 1.90. The summed E-state index contributed by atoms with van der Waals surface area (Å²) < 4.78 is 31.1. The predicted molar refractivity (Wildman–Crippen MR) is 117 cm³/mol. The van der Waals surface area contributed by atoms with Crippen LogP contribution < -0.4 is 11.0 Å². The van der Waals surface area contributed by atoms with E-state index in [1.54, 1.807) is 48.5 Å². The van der Waals surface area contributed by atoms with Gasteiger partial charge in [0.15, 0.2) is 5.65 Å². The Morgan fingerprint density at radius 2 is 1.85 bits per heavy atom. The molecule has 33 heavy (non-hydrogen) atoms. The molecule has 2 aromatic carbocycles. The number of alkyl halides is 2. The van der Waals surface area contributed by atoms with Crippen molar-refractivity contribution in [1.29, 1.82) is 0 Å². The van der Waals surface area contributed by atoms with Gasteiger partial charge in [0, 0.05) is 18.8 Å². The first-order valence-corrected chi connectivity index (χ1v) is 9.81. The molecular formula is C23H18F2N4O4. The van der Waals surface area contributed by atoms with Crippen molar-refractivity contribution in [1.82, 2.24) is 14.7 Å². The zero-order valence-corrected chi connectivity index (χ0v) is 17.3. The number of halogens is 2. The van der Waals surface area contributed by atoms with E-state index in [9.17, 15) is 23.6 Å². The van der Waals surface area contributed by atoms with Crippen molar-refractivity contribution in [3.63, 3.8) is 0 Å². The van der Waals surface area contributed by atoms with Gasteiger partial charge in [-0.15, -0.1) is 4.73 Å². The number of pyridine rings is 1. The van der Waals surface area contributed by atoms with Crippen molar-refractivity contribution in [2.75, 3.05) is 5.32 Å². The number of hydrogen-bond acceptors (Lipinski definition) is 7. The number of hydrogen-bond donors (Lipinski definition) is 2. The smallest absolute Gasteiger partial charge is 0.384 e. The molecule has 0 spiro atoms. The zero-order chi connectivity index (χ0) is 23.6. The molecule has 2 N–H and O–H groups in total. The maximum Gasteiger partial charge on any atom is 0.384 e. The maximum atomic E-state index is 13.0. The largest absolute Gasteiger partial charge is 0.456 e. The van der Waals surface area contributed by atoms with Crippen LogP contribution in [0.3, 0.4) is 0 Å². The molecule has 8 nitrogen and oxygen atoms in total. The number of esters is 1. The number of ether oxygens (including phenoxy) is 1. The molecule has 10 heteroatoms. The predicted octanol–water partition coefficient (Wildman–Crippen LogP) is 4.14. The van der Waals surface area contributed by atoms with E-state index in [4.69, 9.17) is 0 Å². The number of rotatable bonds is 6. The number of anilines is 2. The normalized spacial score (nSPS) is 11.4. The molecule has 0 aliphatic carbocycles. The van der Waals surface area contributed by atoms with Gasteiger partial charge >= 0.3 is 17.6 Å². The topological polar surface area (TPSA) is 106 Å². The molecule has 2 heterocycles. The molecule has 0 unspecified atom stereocenters. The van der Waals surface area contributed by atoms with Crippen molar-refractivity contribution in [3.05, 3.63) is 82.9 Å². The van der Waals surface area contributed by atoms with Gasteiger partial charge in [-0.2, -0.15) is 13.8 Å². The van der Waals surface area contributed by atoms with Crippen LogP contribution in [0.5, 0.6) is 0 Å². The lowest BCUT2D eigenvalue weighted by molar-refractivity contribution is -0.170. The first-order chi connectivity index (χ1) is 15.7. The van der Waals surface area contributed by atoms with Crippen LogP contribution in [0.15, 0.2) is 71.7 Å². The third-order valence-electron chi connectivity index (χ3n) is 4.75. The van der Waals surface area contributed by atoms with Crippen LogP contribution in [0.2, 0.25) is 0 Å². The van der Waals surface area contributed by atoms with Crippen molar-refractivity contribution in [2.24, 2.45) is 0 Å². The van der Waals surface area contributed by atoms with Crippen molar-refractivity contribution in [2.45, 2.75) is 19.5 Å². The SMILES string of the molecule is CC(F)(F)C(=O)OCc1cccc(-c2cccc(Nc3nc(=O)n(O)c4ncccc34)c2)c1. The number of nitrogens with one attached hydrogen (secondary N) is 1. The van der Waals surface area contributed by atoms with Gasteiger partial charge in [-0.25, -0.2) is 14.6 Å². The minimum Gasteiger partial charge on any atom is -0.456 e. The molecule has 4 rings (SSSR count). The van der Waals surface area contributed by atoms with Crippen molar-refractivity contribution < 1.29 is 23.5 Å². The fourth-order valence-electron chi connectivity index (χ4n) is 3.17. The lowest BCUT2D eigenvalue weighted by Crippen LogP contribution is -2.26. The van der Waals surface area contributed by atoms with Crippen molar-refractivity contribution >= 4 is 28.5 Å². The van der Waals surface area contributed by atoms with Crippen LogP contribution >= 0.6 is 0 Å². The van der Waals surface area contributed by atoms with E-state index < -0.39 is 17.6 Å². The minimum atomic E-state index is -3.55. The van der Waals surface area contributed by atoms with Crippen LogP contribution in [0, 0.1) is 0 Å². The first kappa shape index (κ1) is 21.9. The number of fused-ring (bicyclic) bond motifs is 1. The third kappa shape index (κ3) is 4.79. The average molecular weight is 452 g/mol. The monoisotopic (exact) mass is 452 g/mol. The Morgan fingerprint density at radius 1 is 1.12 bits per heavy atom. The number of aromatic nitrogens is 3. The molecule has 2 aromatic heterocycles. The Morgan fingerprint density at radius 3 is 2.61 bits per heavy atom. The van der Waals surface area contributed by atoms with E-state index in [1.165, 1.54) is 6.20 Å². The summed E-state index contributed by atoms with van der Waals surface area (Å²) in [4.78, 5) is 31.2. The molecule has 4 aromatic rings. The standard InChI is InChI=1S/C23H18F2N4O4/c1-23(24,25)21(30)33-13-14-5-2-6-15(11-14)16-7-3-8-17(12-16)27-19-18-9-4-10-26-20(18)29(32)22(31)28-19/h2-12,32H,13H2,1H3,(H,27,28,31). The number of nitrogens with zero attached hydrogens (tertiary/aromatic N) is 3. The van der Waals surface area contributed by atoms with Gasteiger partial charge in [-0.1, -0.05) is 30.3 Å². The van der Waals surface area contributed by atoms with Crippen molar-refractivity contribution in [3.8, 4) is 11.1 Å². The summed E-state index contributed by atoms with van der Waals surface area (Å²) in [7, 11) is 0. The molecule has 0 fully saturated rings. The van der Waals surface area contributed by atoms with E-state index in [0.29, 0.717) is 28.3 Å². The molecule has 0 radical (unpaired) electrons. The lowest BCUT2D eigenvalue weighted by atomic mass is 10.0. The zero-order valence-electron chi connectivity index (χ0n) is 17.3. The van der Waals surface area contributed by atoms with Crippen LogP contribution in [0.4, 0.5) is 20.3 Å². The summed E-state index contributed by atoms with van der Waals surface area (Å²) in [5, 5.41) is 13.4. The Bertz CT molecular complexity index is 1400. The molecule has 0 saturated heterocycles. The van der Waals surface area contributed by atoms with Gasteiger partial charge in [-0.05, 0) is 47.0 Å². The summed E-state index contributed by atoms with van der Waals surface area (Å²) in [5.74, 6) is -4.91.